The molecule has 0 spiro atoms. The summed E-state index contributed by atoms with van der Waals surface area (Å²) in [7, 11) is 0. The second-order valence-electron chi connectivity index (χ2n) is 16.6. The molecule has 0 radical (unpaired) electrons. The van der Waals surface area contributed by atoms with Gasteiger partial charge in [0.2, 0.25) is 17.7 Å². The monoisotopic (exact) mass is 810 g/mol. The first kappa shape index (κ1) is 38.4. The number of nitrogens with one attached hydrogen (secondary N) is 1. The molecule has 5 aliphatic heterocycles. The van der Waals surface area contributed by atoms with Gasteiger partial charge in [0, 0.05) is 63.1 Å². The van der Waals surface area contributed by atoms with E-state index < -0.39 is 35.1 Å². The predicted octanol–water partition coefficient (Wildman–Crippen LogP) is 5.67. The van der Waals surface area contributed by atoms with Crippen molar-refractivity contribution in [1.82, 2.24) is 20.1 Å². The largest absolute Gasteiger partial charge is 0.369 e. The molecule has 14 heteroatoms. The summed E-state index contributed by atoms with van der Waals surface area (Å²) >= 11 is 6.34. The van der Waals surface area contributed by atoms with Crippen molar-refractivity contribution in [3.63, 3.8) is 0 Å². The summed E-state index contributed by atoms with van der Waals surface area (Å²) in [5.41, 5.74) is 5.40. The molecule has 2 atom stereocenters. The molecule has 300 valence electrons. The number of rotatable bonds is 8. The van der Waals surface area contributed by atoms with E-state index in [9.17, 15) is 29.2 Å². The summed E-state index contributed by atoms with van der Waals surface area (Å²) in [4.78, 5) is 78.9. The van der Waals surface area contributed by atoms with Gasteiger partial charge in [0.25, 0.3) is 11.8 Å². The smallest absolute Gasteiger partial charge is 0.262 e. The van der Waals surface area contributed by atoms with Crippen molar-refractivity contribution in [3.8, 4) is 17.2 Å². The van der Waals surface area contributed by atoms with Crippen molar-refractivity contribution in [2.75, 3.05) is 60.5 Å². The zero-order valence-electron chi connectivity index (χ0n) is 32.9. The van der Waals surface area contributed by atoms with Gasteiger partial charge >= 0.3 is 0 Å². The van der Waals surface area contributed by atoms with Crippen LogP contribution in [0.4, 0.5) is 22.9 Å². The van der Waals surface area contributed by atoms with Crippen LogP contribution >= 0.6 is 11.6 Å². The summed E-state index contributed by atoms with van der Waals surface area (Å²) in [5, 5.41) is 11.9. The van der Waals surface area contributed by atoms with Crippen molar-refractivity contribution < 1.29 is 24.0 Å². The maximum Gasteiger partial charge on any atom is 0.262 e. The third-order valence-electron chi connectivity index (χ3n) is 12.7. The lowest BCUT2D eigenvalue weighted by molar-refractivity contribution is -0.136. The molecule has 1 aromatic heterocycles. The number of amides is 5. The molecule has 13 nitrogen and oxygen atoms in total. The zero-order chi connectivity index (χ0) is 41.2. The van der Waals surface area contributed by atoms with Crippen LogP contribution in [0.3, 0.4) is 0 Å². The molecule has 0 bridgehead atoms. The SMILES string of the molecule is CC1(C)C(=O)N(c2ccc(C#N)c(Cl)c2)c2ccc(-c3ccc(N4CCC(CCN5CCN(c6ccc7c(c6)C(=O)N(C6CCC(=O)NC6=O)C7=O)CC5)C4)nc3)cc21. The number of hydrogen-bond acceptors (Lipinski definition) is 10. The molecule has 3 fully saturated rings. The topological polar surface area (TPSA) is 150 Å². The quantitative estimate of drug-likeness (QED) is 0.221. The molecular weight excluding hydrogens is 768 g/mol. The van der Waals surface area contributed by atoms with Crippen molar-refractivity contribution >= 4 is 64.0 Å². The zero-order valence-corrected chi connectivity index (χ0v) is 33.7. The maximum atomic E-state index is 13.7. The lowest BCUT2D eigenvalue weighted by atomic mass is 9.85. The van der Waals surface area contributed by atoms with Gasteiger partial charge in [-0.15, -0.1) is 0 Å². The molecular formula is C45H43ClN8O5. The van der Waals surface area contributed by atoms with E-state index in [4.69, 9.17) is 16.6 Å². The van der Waals surface area contributed by atoms with E-state index in [1.54, 1.807) is 35.2 Å². The lowest BCUT2D eigenvalue weighted by Gasteiger charge is -2.36. The van der Waals surface area contributed by atoms with E-state index in [0.29, 0.717) is 33.3 Å². The van der Waals surface area contributed by atoms with Crippen LogP contribution in [0.25, 0.3) is 11.1 Å². The van der Waals surface area contributed by atoms with Gasteiger partial charge in [0.1, 0.15) is 17.9 Å². The van der Waals surface area contributed by atoms with Gasteiger partial charge in [-0.3, -0.25) is 44.0 Å². The van der Waals surface area contributed by atoms with E-state index in [1.165, 1.54) is 0 Å². The number of aromatic nitrogens is 1. The Balaban J connectivity index is 0.777. The Morgan fingerprint density at radius 1 is 0.831 bits per heavy atom. The molecule has 6 heterocycles. The lowest BCUT2D eigenvalue weighted by Crippen LogP contribution is -2.54. The average molecular weight is 811 g/mol. The molecule has 9 rings (SSSR count). The number of piperidine rings is 1. The minimum Gasteiger partial charge on any atom is -0.369 e. The van der Waals surface area contributed by atoms with Crippen LogP contribution in [-0.4, -0.2) is 96.2 Å². The van der Waals surface area contributed by atoms with Crippen LogP contribution < -0.4 is 20.0 Å². The summed E-state index contributed by atoms with van der Waals surface area (Å²) in [6.45, 7) is 10.2. The highest BCUT2D eigenvalue weighted by molar-refractivity contribution is 6.32. The Morgan fingerprint density at radius 3 is 2.32 bits per heavy atom. The molecule has 3 saturated heterocycles. The van der Waals surface area contributed by atoms with Crippen LogP contribution in [0.5, 0.6) is 0 Å². The van der Waals surface area contributed by atoms with Gasteiger partial charge in [-0.25, -0.2) is 4.98 Å². The molecule has 2 unspecified atom stereocenters. The number of imide groups is 2. The number of benzene rings is 3. The van der Waals surface area contributed by atoms with Crippen LogP contribution in [0.15, 0.2) is 72.9 Å². The molecule has 1 N–H and O–H groups in total. The molecule has 5 aliphatic rings. The number of pyridine rings is 1. The Kier molecular flexibility index (Phi) is 9.72. The van der Waals surface area contributed by atoms with E-state index in [-0.39, 0.29) is 18.7 Å². The normalized spacial score (nSPS) is 21.6. The van der Waals surface area contributed by atoms with Crippen LogP contribution in [0, 0.1) is 17.2 Å². The van der Waals surface area contributed by atoms with E-state index >= 15 is 0 Å². The number of carbonyl (C=O) groups is 5. The van der Waals surface area contributed by atoms with E-state index in [2.05, 4.69) is 44.3 Å². The fourth-order valence-corrected chi connectivity index (χ4v) is 9.39. The summed E-state index contributed by atoms with van der Waals surface area (Å²) < 4.78 is 0. The number of fused-ring (bicyclic) bond motifs is 2. The third kappa shape index (κ3) is 6.80. The standard InChI is InChI=1S/C45H43ClN8O5/c1-45(2)35-21-28(4-9-37(35)53(44(45)59)32-6-3-29(24-47)36(46)23-32)30-5-11-39(48-25-30)52-16-14-27(26-52)13-15-50-17-19-51(20-18-50)31-7-8-33-34(22-31)43(58)54(42(33)57)38-10-12-40(55)49-41(38)56/h3-9,11,21-23,25,27,38H,10,12-20,26H2,1-2H3,(H,49,55,56). The fraction of sp³-hybridized carbons (Fsp3) is 0.356. The molecule has 4 aromatic rings. The minimum atomic E-state index is -0.975. The number of carbonyl (C=O) groups excluding carboxylic acids is 5. The summed E-state index contributed by atoms with van der Waals surface area (Å²) in [6.07, 6.45) is 4.34. The molecule has 59 heavy (non-hydrogen) atoms. The first-order chi connectivity index (χ1) is 28.4. The number of anilines is 4. The van der Waals surface area contributed by atoms with Crippen LogP contribution in [0.2, 0.25) is 5.02 Å². The highest BCUT2D eigenvalue weighted by Gasteiger charge is 2.46. The average Bonchev–Trinajstić information content (AvgIpc) is 3.87. The highest BCUT2D eigenvalue weighted by atomic mass is 35.5. The number of nitrogens with zero attached hydrogens (tertiary/aromatic N) is 7. The van der Waals surface area contributed by atoms with E-state index in [0.717, 1.165) is 97.4 Å². The predicted molar refractivity (Wildman–Crippen MR) is 223 cm³/mol. The fourth-order valence-electron chi connectivity index (χ4n) is 9.18. The van der Waals surface area contributed by atoms with Gasteiger partial charge in [0.05, 0.1) is 38.5 Å². The number of piperazine rings is 1. The Bertz CT molecular complexity index is 2470. The Labute approximate surface area is 347 Å². The first-order valence-corrected chi connectivity index (χ1v) is 20.5. The molecule has 0 saturated carbocycles. The van der Waals surface area contributed by atoms with E-state index in [1.807, 2.05) is 38.2 Å². The van der Waals surface area contributed by atoms with Gasteiger partial charge in [-0.1, -0.05) is 17.7 Å². The second kappa shape index (κ2) is 14.9. The Morgan fingerprint density at radius 2 is 1.59 bits per heavy atom. The van der Waals surface area contributed by atoms with Crippen LogP contribution in [0.1, 0.15) is 71.4 Å². The number of halogens is 1. The number of hydrogen-bond donors (Lipinski definition) is 1. The summed E-state index contributed by atoms with van der Waals surface area (Å²) in [5.74, 6) is -0.513. The first-order valence-electron chi connectivity index (χ1n) is 20.1. The van der Waals surface area contributed by atoms with Gasteiger partial charge in [-0.2, -0.15) is 5.26 Å². The minimum absolute atomic E-state index is 0.0547. The van der Waals surface area contributed by atoms with Crippen molar-refractivity contribution in [2.45, 2.75) is 51.0 Å². The van der Waals surface area contributed by atoms with Gasteiger partial charge in [0.15, 0.2) is 0 Å². The van der Waals surface area contributed by atoms with Gasteiger partial charge < -0.3 is 9.80 Å². The van der Waals surface area contributed by atoms with Crippen molar-refractivity contribution in [1.29, 1.82) is 5.26 Å². The maximum absolute atomic E-state index is 13.7. The molecule has 3 aromatic carbocycles. The molecule has 0 aliphatic carbocycles. The second-order valence-corrected chi connectivity index (χ2v) is 17.0. The number of nitriles is 1. The van der Waals surface area contributed by atoms with Crippen molar-refractivity contribution in [3.05, 3.63) is 100 Å². The van der Waals surface area contributed by atoms with Gasteiger partial charge in [-0.05, 0) is 117 Å². The highest BCUT2D eigenvalue weighted by Crippen LogP contribution is 2.47. The van der Waals surface area contributed by atoms with Crippen molar-refractivity contribution in [2.24, 2.45) is 5.92 Å². The summed E-state index contributed by atoms with van der Waals surface area (Å²) in [6, 6.07) is 21.7. The third-order valence-corrected chi connectivity index (χ3v) is 13.0. The Hall–Kier alpha value is -6.10. The van der Waals surface area contributed by atoms with Crippen LogP contribution in [-0.2, 0) is 19.8 Å². The molecule has 5 amide bonds.